The van der Waals surface area contributed by atoms with Crippen LogP contribution >= 0.6 is 22.9 Å². The van der Waals surface area contributed by atoms with Crippen molar-refractivity contribution in [2.75, 3.05) is 18.4 Å². The molecule has 0 bridgehead atoms. The van der Waals surface area contributed by atoms with Gasteiger partial charge in [0.1, 0.15) is 4.90 Å². The predicted octanol–water partition coefficient (Wildman–Crippen LogP) is 4.69. The minimum atomic E-state index is -3.73. The van der Waals surface area contributed by atoms with Crippen LogP contribution in [0.25, 0.3) is 10.2 Å². The lowest BCUT2D eigenvalue weighted by Gasteiger charge is -2.26. The highest BCUT2D eigenvalue weighted by Crippen LogP contribution is 2.29. The van der Waals surface area contributed by atoms with E-state index in [0.29, 0.717) is 18.8 Å². The summed E-state index contributed by atoms with van der Waals surface area (Å²) in [5, 5.41) is 3.90. The van der Waals surface area contributed by atoms with Crippen LogP contribution in [0.5, 0.6) is 0 Å². The summed E-state index contributed by atoms with van der Waals surface area (Å²) < 4.78 is 28.4. The first-order chi connectivity index (χ1) is 13.8. The SMILES string of the molecule is Cc1nc2ccc(NC(=O)c3ccc(Cl)c(S(=O)(=O)N4CCCCC4)c3)cc2s1. The molecule has 1 aliphatic heterocycles. The normalized spacial score (nSPS) is 15.5. The van der Waals surface area contributed by atoms with Gasteiger partial charge in [-0.25, -0.2) is 13.4 Å². The molecule has 1 amide bonds. The van der Waals surface area contributed by atoms with Crippen LogP contribution in [0.1, 0.15) is 34.6 Å². The van der Waals surface area contributed by atoms with E-state index < -0.39 is 15.9 Å². The van der Waals surface area contributed by atoms with Crippen molar-refractivity contribution in [1.29, 1.82) is 0 Å². The number of aromatic nitrogens is 1. The zero-order chi connectivity index (χ0) is 20.6. The molecule has 1 aromatic heterocycles. The summed E-state index contributed by atoms with van der Waals surface area (Å²) in [6.07, 6.45) is 2.68. The third kappa shape index (κ3) is 4.16. The van der Waals surface area contributed by atoms with Gasteiger partial charge in [0, 0.05) is 24.3 Å². The van der Waals surface area contributed by atoms with Crippen LogP contribution in [0.4, 0.5) is 5.69 Å². The van der Waals surface area contributed by atoms with E-state index in [2.05, 4.69) is 10.3 Å². The van der Waals surface area contributed by atoms with Gasteiger partial charge in [0.05, 0.1) is 20.2 Å². The summed E-state index contributed by atoms with van der Waals surface area (Å²) in [4.78, 5) is 17.1. The third-order valence-corrected chi connectivity index (χ3v) is 8.19. The van der Waals surface area contributed by atoms with Gasteiger partial charge in [-0.15, -0.1) is 11.3 Å². The van der Waals surface area contributed by atoms with Gasteiger partial charge in [0.2, 0.25) is 10.0 Å². The molecule has 2 aromatic carbocycles. The first-order valence-electron chi connectivity index (χ1n) is 9.33. The molecule has 1 fully saturated rings. The number of carbonyl (C=O) groups is 1. The Balaban J connectivity index is 1.61. The second kappa shape index (κ2) is 8.02. The average Bonchev–Trinajstić information content (AvgIpc) is 3.08. The largest absolute Gasteiger partial charge is 0.322 e. The molecule has 152 valence electrons. The first kappa shape index (κ1) is 20.3. The number of amides is 1. The second-order valence-electron chi connectivity index (χ2n) is 6.98. The smallest absolute Gasteiger partial charge is 0.255 e. The molecule has 1 saturated heterocycles. The third-order valence-electron chi connectivity index (χ3n) is 4.88. The summed E-state index contributed by atoms with van der Waals surface area (Å²) in [5.74, 6) is -0.391. The Morgan fingerprint density at radius 3 is 2.66 bits per heavy atom. The number of thiazole rings is 1. The lowest BCUT2D eigenvalue weighted by molar-refractivity contribution is 0.102. The highest BCUT2D eigenvalue weighted by molar-refractivity contribution is 7.89. The number of sulfonamides is 1. The van der Waals surface area contributed by atoms with Gasteiger partial charge in [-0.05, 0) is 56.2 Å². The molecule has 4 rings (SSSR count). The number of benzene rings is 2. The fourth-order valence-corrected chi connectivity index (χ4v) is 6.29. The Morgan fingerprint density at radius 1 is 1.14 bits per heavy atom. The molecular weight excluding hydrogens is 430 g/mol. The molecular formula is C20H20ClN3O3S2. The average molecular weight is 450 g/mol. The number of hydrogen-bond donors (Lipinski definition) is 1. The van der Waals surface area contributed by atoms with Gasteiger partial charge in [-0.2, -0.15) is 4.31 Å². The highest BCUT2D eigenvalue weighted by Gasteiger charge is 2.28. The topological polar surface area (TPSA) is 79.4 Å². The summed E-state index contributed by atoms with van der Waals surface area (Å²) in [6, 6.07) is 9.84. The summed E-state index contributed by atoms with van der Waals surface area (Å²) in [7, 11) is -3.73. The molecule has 0 saturated carbocycles. The molecule has 0 aliphatic carbocycles. The molecule has 0 spiro atoms. The van der Waals surface area contributed by atoms with Gasteiger partial charge in [0.15, 0.2) is 0 Å². The van der Waals surface area contributed by atoms with Crippen LogP contribution in [-0.2, 0) is 10.0 Å². The number of fused-ring (bicyclic) bond motifs is 1. The van der Waals surface area contributed by atoms with E-state index in [4.69, 9.17) is 11.6 Å². The van der Waals surface area contributed by atoms with Gasteiger partial charge in [-0.1, -0.05) is 18.0 Å². The maximum absolute atomic E-state index is 13.0. The minimum Gasteiger partial charge on any atom is -0.322 e. The number of halogens is 1. The summed E-state index contributed by atoms with van der Waals surface area (Å²) >= 11 is 7.74. The molecule has 1 aliphatic rings. The van der Waals surface area contributed by atoms with Crippen molar-refractivity contribution in [2.24, 2.45) is 0 Å². The number of anilines is 1. The highest BCUT2D eigenvalue weighted by atomic mass is 35.5. The quantitative estimate of drug-likeness (QED) is 0.626. The molecule has 0 atom stereocenters. The molecule has 9 heteroatoms. The van der Waals surface area contributed by atoms with Crippen molar-refractivity contribution in [2.45, 2.75) is 31.1 Å². The Morgan fingerprint density at radius 2 is 1.90 bits per heavy atom. The van der Waals surface area contributed by atoms with Crippen molar-refractivity contribution in [3.05, 3.63) is 52.0 Å². The van der Waals surface area contributed by atoms with Gasteiger partial charge in [-0.3, -0.25) is 4.79 Å². The van der Waals surface area contributed by atoms with Gasteiger partial charge >= 0.3 is 0 Å². The van der Waals surface area contributed by atoms with E-state index in [0.717, 1.165) is 34.5 Å². The van der Waals surface area contributed by atoms with Crippen molar-refractivity contribution >= 4 is 54.8 Å². The van der Waals surface area contributed by atoms with Crippen LogP contribution < -0.4 is 5.32 Å². The standard InChI is InChI=1S/C20H20ClN3O3S2/c1-13-22-17-8-6-15(12-18(17)28-13)23-20(25)14-5-7-16(21)19(11-14)29(26,27)24-9-3-2-4-10-24/h5-8,11-12H,2-4,9-10H2,1H3,(H,23,25). The Hall–Kier alpha value is -2.00. The lowest BCUT2D eigenvalue weighted by atomic mass is 10.2. The van der Waals surface area contributed by atoms with Crippen LogP contribution in [0.3, 0.4) is 0 Å². The van der Waals surface area contributed by atoms with Gasteiger partial charge in [0.25, 0.3) is 5.91 Å². The van der Waals surface area contributed by atoms with Gasteiger partial charge < -0.3 is 5.32 Å². The number of piperidine rings is 1. The summed E-state index contributed by atoms with van der Waals surface area (Å²) in [6.45, 7) is 2.88. The van der Waals surface area contributed by atoms with Crippen LogP contribution in [0.15, 0.2) is 41.3 Å². The Bertz CT molecular complexity index is 1180. The van der Waals surface area contributed by atoms with Crippen molar-refractivity contribution < 1.29 is 13.2 Å². The van der Waals surface area contributed by atoms with E-state index in [1.54, 1.807) is 17.4 Å². The number of rotatable bonds is 4. The first-order valence-corrected chi connectivity index (χ1v) is 12.0. The fourth-order valence-electron chi connectivity index (χ4n) is 3.41. The number of nitrogens with zero attached hydrogens (tertiary/aromatic N) is 2. The maximum Gasteiger partial charge on any atom is 0.255 e. The van der Waals surface area contributed by atoms with Crippen molar-refractivity contribution in [3.8, 4) is 0 Å². The van der Waals surface area contributed by atoms with E-state index in [1.807, 2.05) is 19.1 Å². The zero-order valence-electron chi connectivity index (χ0n) is 15.8. The molecule has 1 N–H and O–H groups in total. The van der Waals surface area contributed by atoms with E-state index in [-0.39, 0.29) is 15.5 Å². The number of hydrogen-bond acceptors (Lipinski definition) is 5. The van der Waals surface area contributed by atoms with E-state index in [1.165, 1.54) is 22.5 Å². The number of carbonyl (C=O) groups excluding carboxylic acids is 1. The fraction of sp³-hybridized carbons (Fsp3) is 0.300. The molecule has 0 radical (unpaired) electrons. The maximum atomic E-state index is 13.0. The van der Waals surface area contributed by atoms with Crippen molar-refractivity contribution in [1.82, 2.24) is 9.29 Å². The zero-order valence-corrected chi connectivity index (χ0v) is 18.2. The summed E-state index contributed by atoms with van der Waals surface area (Å²) in [5.41, 5.74) is 1.75. The molecule has 3 aromatic rings. The predicted molar refractivity (Wildman–Crippen MR) is 116 cm³/mol. The van der Waals surface area contributed by atoms with Crippen LogP contribution in [0.2, 0.25) is 5.02 Å². The molecule has 2 heterocycles. The lowest BCUT2D eigenvalue weighted by Crippen LogP contribution is -2.35. The molecule has 0 unspecified atom stereocenters. The van der Waals surface area contributed by atoms with E-state index in [9.17, 15) is 13.2 Å². The Kier molecular flexibility index (Phi) is 5.61. The minimum absolute atomic E-state index is 0.0257. The Labute approximate surface area is 178 Å². The number of aryl methyl sites for hydroxylation is 1. The van der Waals surface area contributed by atoms with E-state index >= 15 is 0 Å². The monoisotopic (exact) mass is 449 g/mol. The molecule has 29 heavy (non-hydrogen) atoms. The molecule has 6 nitrogen and oxygen atoms in total. The van der Waals surface area contributed by atoms with Crippen LogP contribution in [0, 0.1) is 6.92 Å². The van der Waals surface area contributed by atoms with Crippen LogP contribution in [-0.4, -0.2) is 36.7 Å². The van der Waals surface area contributed by atoms with Crippen molar-refractivity contribution in [3.63, 3.8) is 0 Å². The second-order valence-corrected chi connectivity index (χ2v) is 10.5. The number of nitrogens with one attached hydrogen (secondary N) is 1.